The molecule has 134 valence electrons. The number of nitrogens with zero attached hydrogens (tertiary/aromatic N) is 4. The molecule has 0 aliphatic carbocycles. The number of aromatic amines is 1. The molecule has 0 unspecified atom stereocenters. The van der Waals surface area contributed by atoms with Crippen LogP contribution in [0.25, 0.3) is 11.4 Å². The molecule has 3 aromatic rings. The molecule has 8 heteroatoms. The molecule has 1 aliphatic heterocycles. The second-order valence-electron chi connectivity index (χ2n) is 6.30. The molecule has 3 aromatic heterocycles. The van der Waals surface area contributed by atoms with Gasteiger partial charge in [-0.05, 0) is 31.9 Å². The molecule has 0 radical (unpaired) electrons. The van der Waals surface area contributed by atoms with E-state index < -0.39 is 0 Å². The molecule has 4 heterocycles. The van der Waals surface area contributed by atoms with Gasteiger partial charge in [-0.2, -0.15) is 5.10 Å². The van der Waals surface area contributed by atoms with Gasteiger partial charge in [0.25, 0.3) is 0 Å². The van der Waals surface area contributed by atoms with E-state index in [4.69, 9.17) is 4.74 Å². The van der Waals surface area contributed by atoms with Gasteiger partial charge < -0.3 is 15.4 Å². The van der Waals surface area contributed by atoms with Crippen molar-refractivity contribution in [3.8, 4) is 11.4 Å². The van der Waals surface area contributed by atoms with Crippen LogP contribution in [0, 0.1) is 6.92 Å². The summed E-state index contributed by atoms with van der Waals surface area (Å²) in [6.45, 7) is 3.50. The smallest absolute Gasteiger partial charge is 0.165 e. The quantitative estimate of drug-likeness (QED) is 0.650. The average molecular weight is 351 g/mol. The summed E-state index contributed by atoms with van der Waals surface area (Å²) in [6, 6.07) is 8.00. The fourth-order valence-electron chi connectivity index (χ4n) is 2.87. The molecule has 1 saturated heterocycles. The molecule has 1 aliphatic rings. The van der Waals surface area contributed by atoms with E-state index in [-0.39, 0.29) is 0 Å². The van der Waals surface area contributed by atoms with Gasteiger partial charge >= 0.3 is 0 Å². The predicted molar refractivity (Wildman–Crippen MR) is 99.3 cm³/mol. The van der Waals surface area contributed by atoms with Gasteiger partial charge in [0.05, 0.1) is 0 Å². The van der Waals surface area contributed by atoms with Crippen molar-refractivity contribution in [1.29, 1.82) is 0 Å². The lowest BCUT2D eigenvalue weighted by Gasteiger charge is -2.24. The second-order valence-corrected chi connectivity index (χ2v) is 6.30. The number of aromatic nitrogens is 5. The fourth-order valence-corrected chi connectivity index (χ4v) is 2.87. The Kier molecular flexibility index (Phi) is 4.74. The van der Waals surface area contributed by atoms with Gasteiger partial charge in [-0.15, -0.1) is 0 Å². The van der Waals surface area contributed by atoms with Crippen LogP contribution in [0.5, 0.6) is 0 Å². The van der Waals surface area contributed by atoms with Crippen LogP contribution in [0.2, 0.25) is 0 Å². The first kappa shape index (κ1) is 16.5. The van der Waals surface area contributed by atoms with Crippen molar-refractivity contribution in [1.82, 2.24) is 25.1 Å². The minimum absolute atomic E-state index is 0.348. The molecule has 0 spiro atoms. The van der Waals surface area contributed by atoms with Gasteiger partial charge in [-0.25, -0.2) is 9.97 Å². The normalized spacial score (nSPS) is 15.0. The number of rotatable bonds is 5. The summed E-state index contributed by atoms with van der Waals surface area (Å²) >= 11 is 0. The molecule has 3 N–H and O–H groups in total. The molecular weight excluding hydrogens is 330 g/mol. The summed E-state index contributed by atoms with van der Waals surface area (Å²) in [7, 11) is 0. The second kappa shape index (κ2) is 7.49. The van der Waals surface area contributed by atoms with Crippen molar-refractivity contribution in [3.05, 3.63) is 42.4 Å². The average Bonchev–Trinajstić information content (AvgIpc) is 3.08. The Labute approximate surface area is 151 Å². The minimum atomic E-state index is 0.348. The topological polar surface area (TPSA) is 101 Å². The Balaban J connectivity index is 1.64. The highest BCUT2D eigenvalue weighted by Gasteiger charge is 2.16. The number of ether oxygens (including phenoxy) is 1. The van der Waals surface area contributed by atoms with E-state index in [1.54, 1.807) is 12.4 Å². The van der Waals surface area contributed by atoms with Crippen LogP contribution in [-0.2, 0) is 4.74 Å². The Bertz CT molecular complexity index is 859. The van der Waals surface area contributed by atoms with Crippen LogP contribution in [0.1, 0.15) is 18.5 Å². The Morgan fingerprint density at radius 1 is 1.12 bits per heavy atom. The van der Waals surface area contributed by atoms with Gasteiger partial charge in [0.15, 0.2) is 11.6 Å². The Morgan fingerprint density at radius 2 is 1.96 bits per heavy atom. The van der Waals surface area contributed by atoms with Crippen LogP contribution in [0.3, 0.4) is 0 Å². The van der Waals surface area contributed by atoms with Crippen molar-refractivity contribution in [2.75, 3.05) is 23.8 Å². The summed E-state index contributed by atoms with van der Waals surface area (Å²) in [4.78, 5) is 13.5. The number of nitrogens with one attached hydrogen (secondary N) is 3. The highest BCUT2D eigenvalue weighted by atomic mass is 16.5. The van der Waals surface area contributed by atoms with Gasteiger partial charge in [-0.3, -0.25) is 10.1 Å². The van der Waals surface area contributed by atoms with Gasteiger partial charge in [0.2, 0.25) is 0 Å². The number of anilines is 3. The van der Waals surface area contributed by atoms with E-state index >= 15 is 0 Å². The maximum absolute atomic E-state index is 5.43. The standard InChI is InChI=1S/C18H21N7O/c1-12-9-17(25-24-12)21-16-10-15(20-14-4-7-26-8-5-14)22-18(23-16)13-3-2-6-19-11-13/h2-3,6,9-11,14H,4-5,7-8H2,1H3,(H3,20,21,22,23,24,25). The largest absolute Gasteiger partial charge is 0.381 e. The molecule has 0 bridgehead atoms. The first-order chi connectivity index (χ1) is 12.8. The maximum atomic E-state index is 5.43. The lowest BCUT2D eigenvalue weighted by atomic mass is 10.1. The monoisotopic (exact) mass is 351 g/mol. The summed E-state index contributed by atoms with van der Waals surface area (Å²) in [5.74, 6) is 2.79. The van der Waals surface area contributed by atoms with Crippen molar-refractivity contribution in [3.63, 3.8) is 0 Å². The maximum Gasteiger partial charge on any atom is 0.165 e. The van der Waals surface area contributed by atoms with E-state index in [1.807, 2.05) is 31.2 Å². The zero-order chi connectivity index (χ0) is 17.8. The van der Waals surface area contributed by atoms with Crippen molar-refractivity contribution in [2.24, 2.45) is 0 Å². The SMILES string of the molecule is Cc1cc(Nc2cc(NC3CCOCC3)nc(-c3cccnc3)n2)n[nH]1. The molecule has 0 amide bonds. The van der Waals surface area contributed by atoms with E-state index in [9.17, 15) is 0 Å². The van der Waals surface area contributed by atoms with Crippen LogP contribution in [0.15, 0.2) is 36.7 Å². The molecule has 26 heavy (non-hydrogen) atoms. The fraction of sp³-hybridized carbons (Fsp3) is 0.333. The highest BCUT2D eigenvalue weighted by molar-refractivity contribution is 5.63. The third kappa shape index (κ3) is 3.97. The summed E-state index contributed by atoms with van der Waals surface area (Å²) in [6.07, 6.45) is 5.43. The van der Waals surface area contributed by atoms with Gasteiger partial charge in [-0.1, -0.05) is 0 Å². The molecule has 4 rings (SSSR count). The lowest BCUT2D eigenvalue weighted by Crippen LogP contribution is -2.28. The number of hydrogen-bond donors (Lipinski definition) is 3. The van der Waals surface area contributed by atoms with E-state index in [2.05, 4.69) is 35.8 Å². The number of hydrogen-bond acceptors (Lipinski definition) is 7. The number of pyridine rings is 1. The third-order valence-corrected chi connectivity index (χ3v) is 4.18. The zero-order valence-corrected chi connectivity index (χ0v) is 14.6. The number of aryl methyl sites for hydroxylation is 1. The molecule has 0 saturated carbocycles. The summed E-state index contributed by atoms with van der Waals surface area (Å²) in [5.41, 5.74) is 1.85. The minimum Gasteiger partial charge on any atom is -0.381 e. The zero-order valence-electron chi connectivity index (χ0n) is 14.6. The van der Waals surface area contributed by atoms with Crippen molar-refractivity contribution >= 4 is 17.5 Å². The van der Waals surface area contributed by atoms with Gasteiger partial charge in [0, 0.05) is 55.0 Å². The number of H-pyrrole nitrogens is 1. The first-order valence-corrected chi connectivity index (χ1v) is 8.69. The Morgan fingerprint density at radius 3 is 2.69 bits per heavy atom. The molecule has 1 fully saturated rings. The summed E-state index contributed by atoms with van der Waals surface area (Å²) in [5, 5.41) is 13.9. The molecular formula is C18H21N7O. The highest BCUT2D eigenvalue weighted by Crippen LogP contribution is 2.23. The van der Waals surface area contributed by atoms with E-state index in [0.717, 1.165) is 48.9 Å². The Hall–Kier alpha value is -3.00. The lowest BCUT2D eigenvalue weighted by molar-refractivity contribution is 0.0904. The molecule has 8 nitrogen and oxygen atoms in total. The van der Waals surface area contributed by atoms with Crippen LogP contribution in [-0.4, -0.2) is 44.4 Å². The van der Waals surface area contributed by atoms with Crippen molar-refractivity contribution in [2.45, 2.75) is 25.8 Å². The molecule has 0 aromatic carbocycles. The third-order valence-electron chi connectivity index (χ3n) is 4.18. The van der Waals surface area contributed by atoms with E-state index in [1.165, 1.54) is 0 Å². The van der Waals surface area contributed by atoms with Crippen LogP contribution >= 0.6 is 0 Å². The van der Waals surface area contributed by atoms with Gasteiger partial charge in [0.1, 0.15) is 11.6 Å². The first-order valence-electron chi connectivity index (χ1n) is 8.69. The van der Waals surface area contributed by atoms with Crippen LogP contribution < -0.4 is 10.6 Å². The predicted octanol–water partition coefficient (Wildman–Crippen LogP) is 2.90. The van der Waals surface area contributed by atoms with Crippen LogP contribution in [0.4, 0.5) is 17.5 Å². The van der Waals surface area contributed by atoms with E-state index in [0.29, 0.717) is 17.7 Å². The summed E-state index contributed by atoms with van der Waals surface area (Å²) < 4.78 is 5.43. The van der Waals surface area contributed by atoms with Crippen molar-refractivity contribution < 1.29 is 4.74 Å². The molecule has 0 atom stereocenters.